The van der Waals surface area contributed by atoms with Crippen molar-refractivity contribution in [2.24, 2.45) is 5.92 Å². The molecular formula is C28H30N4O5S. The van der Waals surface area contributed by atoms with Gasteiger partial charge >= 0.3 is 6.09 Å². The molecule has 1 aromatic carbocycles. The molecule has 2 bridgehead atoms. The third kappa shape index (κ3) is 4.67. The molecule has 0 radical (unpaired) electrons. The Morgan fingerprint density at radius 1 is 1.21 bits per heavy atom. The Labute approximate surface area is 225 Å². The van der Waals surface area contributed by atoms with Crippen LogP contribution in [-0.4, -0.2) is 59.4 Å². The maximum absolute atomic E-state index is 13.3. The molecule has 3 amide bonds. The molecular weight excluding hydrogens is 504 g/mol. The first-order chi connectivity index (χ1) is 18.0. The predicted octanol–water partition coefficient (Wildman–Crippen LogP) is 3.91. The summed E-state index contributed by atoms with van der Waals surface area (Å²) < 4.78 is 5.58. The van der Waals surface area contributed by atoms with Gasteiger partial charge in [-0.05, 0) is 75.8 Å². The molecule has 1 saturated carbocycles. The molecule has 1 saturated heterocycles. The van der Waals surface area contributed by atoms with E-state index in [0.717, 1.165) is 34.6 Å². The van der Waals surface area contributed by atoms with Gasteiger partial charge < -0.3 is 15.0 Å². The van der Waals surface area contributed by atoms with E-state index in [-0.39, 0.29) is 17.9 Å². The number of carbonyl (C=O) groups excluding carboxylic acids is 4. The molecule has 5 rings (SSSR count). The van der Waals surface area contributed by atoms with Gasteiger partial charge in [0.25, 0.3) is 11.7 Å². The average molecular weight is 535 g/mol. The minimum Gasteiger partial charge on any atom is -0.444 e. The summed E-state index contributed by atoms with van der Waals surface area (Å²) in [6.07, 6.45) is 2.34. The molecule has 10 heteroatoms. The molecule has 198 valence electrons. The summed E-state index contributed by atoms with van der Waals surface area (Å²) in [5, 5.41) is 12.7. The highest BCUT2D eigenvalue weighted by Gasteiger charge is 2.52. The van der Waals surface area contributed by atoms with Crippen molar-refractivity contribution in [3.05, 3.63) is 40.8 Å². The summed E-state index contributed by atoms with van der Waals surface area (Å²) in [4.78, 5) is 55.1. The number of ether oxygens (including phenoxy) is 1. The van der Waals surface area contributed by atoms with Gasteiger partial charge in [-0.2, -0.15) is 5.26 Å². The summed E-state index contributed by atoms with van der Waals surface area (Å²) in [6, 6.07) is 9.92. The molecule has 2 fully saturated rings. The number of likely N-dealkylation sites (tertiary alicyclic amines) is 1. The zero-order chi connectivity index (χ0) is 27.4. The fraction of sp³-hybridized carbons (Fsp3) is 0.464. The van der Waals surface area contributed by atoms with Crippen LogP contribution in [0.2, 0.25) is 0 Å². The van der Waals surface area contributed by atoms with Crippen LogP contribution in [0.5, 0.6) is 0 Å². The molecule has 2 aliphatic heterocycles. The van der Waals surface area contributed by atoms with Gasteiger partial charge in [-0.1, -0.05) is 6.07 Å². The van der Waals surface area contributed by atoms with Crippen molar-refractivity contribution in [1.29, 1.82) is 5.26 Å². The fourth-order valence-corrected chi connectivity index (χ4v) is 6.71. The number of fused-ring (bicyclic) bond motifs is 3. The fourth-order valence-electron chi connectivity index (χ4n) is 5.66. The molecule has 0 spiro atoms. The number of amides is 3. The number of piperidine rings is 1. The minimum atomic E-state index is -0.755. The van der Waals surface area contributed by atoms with E-state index in [1.165, 1.54) is 16.2 Å². The molecule has 4 atom stereocenters. The summed E-state index contributed by atoms with van der Waals surface area (Å²) in [5.74, 6) is -1.30. The number of Topliss-reactive ketones (excluding diaryl/α,β-unsaturated/α-hetero) is 1. The van der Waals surface area contributed by atoms with Crippen molar-refractivity contribution in [3.8, 4) is 16.5 Å². The Hall–Kier alpha value is -3.71. The highest BCUT2D eigenvalue weighted by Crippen LogP contribution is 2.43. The first-order valence-electron chi connectivity index (χ1n) is 12.7. The zero-order valence-electron chi connectivity index (χ0n) is 21.8. The van der Waals surface area contributed by atoms with Crippen molar-refractivity contribution in [2.45, 2.75) is 70.2 Å². The van der Waals surface area contributed by atoms with E-state index in [1.54, 1.807) is 38.8 Å². The third-order valence-electron chi connectivity index (χ3n) is 7.38. The summed E-state index contributed by atoms with van der Waals surface area (Å²) in [7, 11) is 1.58. The Morgan fingerprint density at radius 2 is 1.97 bits per heavy atom. The second kappa shape index (κ2) is 9.55. The molecule has 9 nitrogen and oxygen atoms in total. The first kappa shape index (κ1) is 25.9. The van der Waals surface area contributed by atoms with E-state index in [4.69, 9.17) is 4.74 Å². The summed E-state index contributed by atoms with van der Waals surface area (Å²) >= 11 is 1.49. The van der Waals surface area contributed by atoms with E-state index < -0.39 is 35.5 Å². The van der Waals surface area contributed by atoms with Crippen LogP contribution in [0, 0.1) is 17.2 Å². The number of anilines is 1. The van der Waals surface area contributed by atoms with E-state index in [9.17, 15) is 24.4 Å². The second-order valence-electron chi connectivity index (χ2n) is 11.1. The van der Waals surface area contributed by atoms with Crippen LogP contribution in [0.1, 0.15) is 55.3 Å². The molecule has 3 heterocycles. The van der Waals surface area contributed by atoms with Crippen molar-refractivity contribution < 1.29 is 23.9 Å². The Kier molecular flexibility index (Phi) is 6.51. The number of nitrogens with one attached hydrogen (secondary N) is 1. The number of likely N-dealkylation sites (N-methyl/N-ethyl adjacent to an activating group) is 1. The highest BCUT2D eigenvalue weighted by atomic mass is 32.1. The van der Waals surface area contributed by atoms with Gasteiger partial charge in [0.2, 0.25) is 5.91 Å². The minimum absolute atomic E-state index is 0.0112. The van der Waals surface area contributed by atoms with Crippen molar-refractivity contribution >= 4 is 40.7 Å². The lowest BCUT2D eigenvalue weighted by molar-refractivity contribution is -0.128. The Bertz CT molecular complexity index is 1370. The van der Waals surface area contributed by atoms with E-state index in [1.807, 2.05) is 24.3 Å². The molecule has 1 aliphatic carbocycles. The van der Waals surface area contributed by atoms with Crippen LogP contribution in [0.3, 0.4) is 0 Å². The van der Waals surface area contributed by atoms with Crippen LogP contribution in [-0.2, 0) is 20.7 Å². The number of hydrogen-bond donors (Lipinski definition) is 1. The largest absolute Gasteiger partial charge is 0.444 e. The number of rotatable bonds is 5. The van der Waals surface area contributed by atoms with Crippen LogP contribution < -0.4 is 10.2 Å². The van der Waals surface area contributed by atoms with Gasteiger partial charge in [0.15, 0.2) is 0 Å². The van der Waals surface area contributed by atoms with E-state index >= 15 is 0 Å². The van der Waals surface area contributed by atoms with Gasteiger partial charge in [0.1, 0.15) is 17.7 Å². The smallest absolute Gasteiger partial charge is 0.411 e. The normalized spacial score (nSPS) is 22.9. The standard InChI is InChI=1S/C28H30N4O5S/c1-28(2,3)37-27(36)32-18-7-5-16(11-18)23(32)25(34)30-17(14-29)13-19-8-10-22(38-19)15-6-9-20-21(12-15)31(4)26(35)24(20)33/h6,8-10,12,16-18,23H,5,7,11,13H2,1-4H3,(H,30,34)/t16?,17-,18?,23-/m0/s1. The second-order valence-corrected chi connectivity index (χ2v) is 12.3. The molecule has 1 N–H and O–H groups in total. The molecule has 2 unspecified atom stereocenters. The molecule has 3 aliphatic rings. The van der Waals surface area contributed by atoms with Crippen LogP contribution >= 0.6 is 11.3 Å². The summed E-state index contributed by atoms with van der Waals surface area (Å²) in [5.41, 5.74) is 1.17. The van der Waals surface area contributed by atoms with Gasteiger partial charge in [0.05, 0.1) is 17.3 Å². The van der Waals surface area contributed by atoms with Crippen LogP contribution in [0.4, 0.5) is 10.5 Å². The van der Waals surface area contributed by atoms with Crippen molar-refractivity contribution in [3.63, 3.8) is 0 Å². The van der Waals surface area contributed by atoms with Crippen molar-refractivity contribution in [2.75, 3.05) is 11.9 Å². The third-order valence-corrected chi connectivity index (χ3v) is 8.54. The number of benzene rings is 1. The lowest BCUT2D eigenvalue weighted by Gasteiger charge is -2.35. The Balaban J connectivity index is 1.27. The number of carbonyl (C=O) groups is 4. The van der Waals surface area contributed by atoms with Gasteiger partial charge in [-0.25, -0.2) is 4.79 Å². The lowest BCUT2D eigenvalue weighted by Crippen LogP contribution is -2.55. The number of nitrogens with zero attached hydrogens (tertiary/aromatic N) is 3. The van der Waals surface area contributed by atoms with Gasteiger partial charge in [0, 0.05) is 29.3 Å². The first-order valence-corrected chi connectivity index (χ1v) is 13.6. The Morgan fingerprint density at radius 3 is 2.68 bits per heavy atom. The predicted molar refractivity (Wildman–Crippen MR) is 142 cm³/mol. The topological polar surface area (TPSA) is 120 Å². The molecule has 1 aromatic heterocycles. The van der Waals surface area contributed by atoms with Crippen molar-refractivity contribution in [1.82, 2.24) is 10.2 Å². The molecule has 2 aromatic rings. The van der Waals surface area contributed by atoms with Gasteiger partial charge in [-0.15, -0.1) is 11.3 Å². The quantitative estimate of drug-likeness (QED) is 0.581. The summed E-state index contributed by atoms with van der Waals surface area (Å²) in [6.45, 7) is 5.40. The number of ketones is 1. The number of nitriles is 1. The SMILES string of the molecule is CN1C(=O)C(=O)c2ccc(-c3ccc(C[C@@H](C#N)NC(=O)[C@@H]4C5CCC(C5)N4C(=O)OC(C)(C)C)s3)cc21. The number of hydrogen-bond acceptors (Lipinski definition) is 7. The molecule has 38 heavy (non-hydrogen) atoms. The number of thiophene rings is 1. The zero-order valence-corrected chi connectivity index (χ0v) is 22.6. The maximum Gasteiger partial charge on any atom is 0.411 e. The highest BCUT2D eigenvalue weighted by molar-refractivity contribution is 7.15. The van der Waals surface area contributed by atoms with E-state index in [0.29, 0.717) is 17.7 Å². The average Bonchev–Trinajstić information content (AvgIpc) is 3.64. The maximum atomic E-state index is 13.3. The van der Waals surface area contributed by atoms with E-state index in [2.05, 4.69) is 11.4 Å². The van der Waals surface area contributed by atoms with Gasteiger partial charge in [-0.3, -0.25) is 19.3 Å². The van der Waals surface area contributed by atoms with Crippen LogP contribution in [0.15, 0.2) is 30.3 Å². The monoisotopic (exact) mass is 534 g/mol. The lowest BCUT2D eigenvalue weighted by atomic mass is 9.97. The van der Waals surface area contributed by atoms with Crippen LogP contribution in [0.25, 0.3) is 10.4 Å².